The van der Waals surface area contributed by atoms with E-state index in [9.17, 15) is 8.42 Å². The summed E-state index contributed by atoms with van der Waals surface area (Å²) in [5.41, 5.74) is 0. The molecule has 1 aliphatic rings. The minimum Gasteiger partial charge on any atom is -0.396 e. The quantitative estimate of drug-likeness (QED) is 0.851. The first-order valence-corrected chi connectivity index (χ1v) is 7.21. The highest BCUT2D eigenvalue weighted by Gasteiger charge is 2.32. The van der Waals surface area contributed by atoms with Crippen LogP contribution in [0.5, 0.6) is 0 Å². The van der Waals surface area contributed by atoms with Crippen molar-refractivity contribution in [2.45, 2.75) is 17.7 Å². The third-order valence-electron chi connectivity index (χ3n) is 3.23. The number of sulfonamides is 1. The molecule has 1 N–H and O–H groups in total. The van der Waals surface area contributed by atoms with Crippen LogP contribution in [0.3, 0.4) is 0 Å². The van der Waals surface area contributed by atoms with Crippen molar-refractivity contribution in [3.05, 3.63) is 18.5 Å². The lowest BCUT2D eigenvalue weighted by Gasteiger charge is -2.15. The predicted molar refractivity (Wildman–Crippen MR) is 64.0 cm³/mol. The third kappa shape index (κ3) is 2.53. The first-order valence-electron chi connectivity index (χ1n) is 5.77. The molecule has 0 bridgehead atoms. The lowest BCUT2D eigenvalue weighted by atomic mass is 10.1. The van der Waals surface area contributed by atoms with Gasteiger partial charge < -0.3 is 9.67 Å². The van der Waals surface area contributed by atoms with Gasteiger partial charge >= 0.3 is 0 Å². The lowest BCUT2D eigenvalue weighted by Crippen LogP contribution is -2.28. The van der Waals surface area contributed by atoms with E-state index in [0.717, 1.165) is 6.42 Å². The number of nitrogens with zero attached hydrogens (tertiary/aromatic N) is 2. The van der Waals surface area contributed by atoms with Gasteiger partial charge in [0.2, 0.25) is 10.0 Å². The molecule has 2 heterocycles. The Kier molecular flexibility index (Phi) is 3.56. The minimum atomic E-state index is -3.34. The molecule has 1 atom stereocenters. The highest BCUT2D eigenvalue weighted by Crippen LogP contribution is 2.25. The van der Waals surface area contributed by atoms with Crippen LogP contribution < -0.4 is 0 Å². The van der Waals surface area contributed by atoms with Gasteiger partial charge in [-0.15, -0.1) is 0 Å². The van der Waals surface area contributed by atoms with Crippen molar-refractivity contribution >= 4 is 10.0 Å². The van der Waals surface area contributed by atoms with Crippen LogP contribution in [0.2, 0.25) is 0 Å². The highest BCUT2D eigenvalue weighted by atomic mass is 32.2. The van der Waals surface area contributed by atoms with Crippen molar-refractivity contribution in [3.8, 4) is 0 Å². The molecule has 2 rings (SSSR count). The Morgan fingerprint density at radius 2 is 2.29 bits per heavy atom. The van der Waals surface area contributed by atoms with Gasteiger partial charge in [0.1, 0.15) is 0 Å². The molecule has 1 unspecified atom stereocenters. The Labute approximate surface area is 102 Å². The maximum Gasteiger partial charge on any atom is 0.244 e. The molecule has 1 fully saturated rings. The molecular weight excluding hydrogens is 240 g/mol. The lowest BCUT2D eigenvalue weighted by molar-refractivity contribution is 0.259. The average molecular weight is 258 g/mol. The fourth-order valence-electron chi connectivity index (χ4n) is 2.21. The number of rotatable bonds is 4. The molecule has 1 aromatic rings. The number of aromatic nitrogens is 1. The van der Waals surface area contributed by atoms with Crippen molar-refractivity contribution in [1.29, 1.82) is 0 Å². The zero-order chi connectivity index (χ0) is 12.5. The normalized spacial score (nSPS) is 22.1. The van der Waals surface area contributed by atoms with Crippen LogP contribution in [0.1, 0.15) is 12.8 Å². The maximum atomic E-state index is 12.2. The molecule has 17 heavy (non-hydrogen) atoms. The molecule has 96 valence electrons. The summed E-state index contributed by atoms with van der Waals surface area (Å²) in [5.74, 6) is 0.290. The molecule has 0 spiro atoms. The van der Waals surface area contributed by atoms with Gasteiger partial charge in [-0.25, -0.2) is 8.42 Å². The Hall–Kier alpha value is -0.850. The maximum absolute atomic E-state index is 12.2. The van der Waals surface area contributed by atoms with Crippen LogP contribution in [0.15, 0.2) is 23.4 Å². The second-order valence-corrected chi connectivity index (χ2v) is 6.48. The fraction of sp³-hybridized carbons (Fsp3) is 0.636. The van der Waals surface area contributed by atoms with Crippen molar-refractivity contribution < 1.29 is 13.5 Å². The van der Waals surface area contributed by atoms with E-state index in [0.29, 0.717) is 30.3 Å². The van der Waals surface area contributed by atoms with E-state index in [1.807, 2.05) is 0 Å². The smallest absolute Gasteiger partial charge is 0.244 e. The summed E-state index contributed by atoms with van der Waals surface area (Å²) >= 11 is 0. The van der Waals surface area contributed by atoms with Gasteiger partial charge in [-0.05, 0) is 24.8 Å². The van der Waals surface area contributed by atoms with Crippen LogP contribution in [-0.4, -0.2) is 42.1 Å². The summed E-state index contributed by atoms with van der Waals surface area (Å²) in [4.78, 5) is 0.352. The van der Waals surface area contributed by atoms with E-state index in [1.165, 1.54) is 4.31 Å². The van der Waals surface area contributed by atoms with Gasteiger partial charge in [0, 0.05) is 39.1 Å². The van der Waals surface area contributed by atoms with E-state index in [4.69, 9.17) is 5.11 Å². The van der Waals surface area contributed by atoms with E-state index < -0.39 is 10.0 Å². The molecule has 1 aromatic heterocycles. The molecule has 1 aliphatic heterocycles. The van der Waals surface area contributed by atoms with Crippen molar-refractivity contribution in [1.82, 2.24) is 8.87 Å². The van der Waals surface area contributed by atoms with Gasteiger partial charge in [-0.1, -0.05) is 0 Å². The Morgan fingerprint density at radius 1 is 1.53 bits per heavy atom. The van der Waals surface area contributed by atoms with Gasteiger partial charge in [-0.2, -0.15) is 4.31 Å². The summed E-state index contributed by atoms with van der Waals surface area (Å²) < 4.78 is 27.7. The Morgan fingerprint density at radius 3 is 2.88 bits per heavy atom. The molecule has 5 nitrogen and oxygen atoms in total. The molecule has 0 aromatic carbocycles. The monoisotopic (exact) mass is 258 g/mol. The van der Waals surface area contributed by atoms with Crippen molar-refractivity contribution in [2.75, 3.05) is 19.7 Å². The van der Waals surface area contributed by atoms with E-state index in [-0.39, 0.29) is 6.61 Å². The molecule has 1 saturated heterocycles. The van der Waals surface area contributed by atoms with Crippen LogP contribution in [0, 0.1) is 5.92 Å². The number of aliphatic hydroxyl groups excluding tert-OH is 1. The summed E-state index contributed by atoms with van der Waals surface area (Å²) in [6.07, 6.45) is 4.87. The minimum absolute atomic E-state index is 0.129. The zero-order valence-corrected chi connectivity index (χ0v) is 10.7. The van der Waals surface area contributed by atoms with Gasteiger partial charge in [0.25, 0.3) is 0 Å². The van der Waals surface area contributed by atoms with Crippen LogP contribution in [0.4, 0.5) is 0 Å². The number of aliphatic hydroxyl groups is 1. The highest BCUT2D eigenvalue weighted by molar-refractivity contribution is 7.89. The molecule has 0 saturated carbocycles. The second kappa shape index (κ2) is 4.80. The first kappa shape index (κ1) is 12.6. The van der Waals surface area contributed by atoms with Crippen molar-refractivity contribution in [3.63, 3.8) is 0 Å². The number of hydrogen-bond donors (Lipinski definition) is 1. The summed E-state index contributed by atoms with van der Waals surface area (Å²) in [5, 5.41) is 8.86. The predicted octanol–water partition coefficient (Wildman–Crippen LogP) is 0.418. The second-order valence-electron chi connectivity index (χ2n) is 4.54. The SMILES string of the molecule is Cn1ccc(S(=O)(=O)N2CCC(CCO)C2)c1. The average Bonchev–Trinajstić information content (AvgIpc) is 2.88. The van der Waals surface area contributed by atoms with Gasteiger partial charge in [-0.3, -0.25) is 0 Å². The summed E-state index contributed by atoms with van der Waals surface area (Å²) in [6.45, 7) is 1.21. The Bertz CT molecular complexity index is 481. The van der Waals surface area contributed by atoms with Gasteiger partial charge in [0.15, 0.2) is 0 Å². The zero-order valence-electron chi connectivity index (χ0n) is 9.91. The number of hydrogen-bond acceptors (Lipinski definition) is 3. The fourth-order valence-corrected chi connectivity index (χ4v) is 3.80. The number of aryl methyl sites for hydroxylation is 1. The first-order chi connectivity index (χ1) is 8.04. The Balaban J connectivity index is 2.13. The largest absolute Gasteiger partial charge is 0.396 e. The van der Waals surface area contributed by atoms with Crippen LogP contribution >= 0.6 is 0 Å². The molecule has 0 aliphatic carbocycles. The summed E-state index contributed by atoms with van der Waals surface area (Å²) in [7, 11) is -1.54. The van der Waals surface area contributed by atoms with Crippen LogP contribution in [-0.2, 0) is 17.1 Å². The van der Waals surface area contributed by atoms with Crippen LogP contribution in [0.25, 0.3) is 0 Å². The molecule has 0 radical (unpaired) electrons. The topological polar surface area (TPSA) is 62.5 Å². The molecule has 6 heteroatoms. The summed E-state index contributed by atoms with van der Waals surface area (Å²) in [6, 6.07) is 1.62. The van der Waals surface area contributed by atoms with E-state index >= 15 is 0 Å². The van der Waals surface area contributed by atoms with Gasteiger partial charge in [0.05, 0.1) is 4.90 Å². The molecular formula is C11H18N2O3S. The van der Waals surface area contributed by atoms with E-state index in [2.05, 4.69) is 0 Å². The van der Waals surface area contributed by atoms with Crippen molar-refractivity contribution in [2.24, 2.45) is 13.0 Å². The van der Waals surface area contributed by atoms with E-state index in [1.54, 1.807) is 30.1 Å². The molecule has 0 amide bonds. The standard InChI is InChI=1S/C11H18N2O3S/c1-12-5-3-11(9-12)17(15,16)13-6-2-10(8-13)4-7-14/h3,5,9-10,14H,2,4,6-8H2,1H3. The third-order valence-corrected chi connectivity index (χ3v) is 5.08.